The highest BCUT2D eigenvalue weighted by molar-refractivity contribution is 7.13. The van der Waals surface area contributed by atoms with E-state index in [0.717, 1.165) is 22.7 Å². The van der Waals surface area contributed by atoms with E-state index in [1.807, 2.05) is 11.4 Å². The quantitative estimate of drug-likeness (QED) is 0.700. The van der Waals surface area contributed by atoms with Gasteiger partial charge in [0, 0.05) is 22.5 Å². The minimum atomic E-state index is -0.0532. The molecular formula is C14H17Cl4N3OS. The lowest BCUT2D eigenvalue weighted by Gasteiger charge is -2.02. The van der Waals surface area contributed by atoms with Crippen LogP contribution >= 0.6 is 59.4 Å². The van der Waals surface area contributed by atoms with Gasteiger partial charge in [-0.25, -0.2) is 4.98 Å². The Balaban J connectivity index is 0.00000242. The monoisotopic (exact) mass is 415 g/mol. The summed E-state index contributed by atoms with van der Waals surface area (Å²) in [7, 11) is 0. The number of halogens is 4. The highest BCUT2D eigenvalue weighted by atomic mass is 35.5. The van der Waals surface area contributed by atoms with E-state index in [0.29, 0.717) is 23.1 Å². The number of carbonyl (C=O) groups is 1. The maximum Gasteiger partial charge on any atom is 0.226 e. The average molecular weight is 417 g/mol. The van der Waals surface area contributed by atoms with Crippen LogP contribution < -0.4 is 11.1 Å². The molecule has 3 N–H and O–H groups in total. The Kier molecular flexibility index (Phi) is 10.8. The number of hydrogen-bond acceptors (Lipinski definition) is 4. The zero-order valence-corrected chi connectivity index (χ0v) is 16.0. The van der Waals surface area contributed by atoms with E-state index < -0.39 is 0 Å². The average Bonchev–Trinajstić information content (AvgIpc) is 2.87. The summed E-state index contributed by atoms with van der Waals surface area (Å²) in [5, 5.41) is 6.58. The van der Waals surface area contributed by atoms with E-state index in [-0.39, 0.29) is 37.1 Å². The van der Waals surface area contributed by atoms with Crippen LogP contribution in [0.25, 0.3) is 10.6 Å². The zero-order chi connectivity index (χ0) is 15.2. The molecule has 0 fully saturated rings. The van der Waals surface area contributed by atoms with Gasteiger partial charge in [-0.15, -0.1) is 36.2 Å². The van der Waals surface area contributed by atoms with E-state index in [1.54, 1.807) is 12.1 Å². The summed E-state index contributed by atoms with van der Waals surface area (Å²) in [6.45, 7) is 1.16. The fraction of sp³-hybridized carbons (Fsp3) is 0.286. The molecule has 0 atom stereocenters. The minimum absolute atomic E-state index is 0. The predicted molar refractivity (Wildman–Crippen MR) is 102 cm³/mol. The van der Waals surface area contributed by atoms with Gasteiger partial charge < -0.3 is 11.1 Å². The van der Waals surface area contributed by atoms with Crippen LogP contribution in [-0.4, -0.2) is 24.0 Å². The van der Waals surface area contributed by atoms with Crippen LogP contribution in [0.5, 0.6) is 0 Å². The molecule has 0 saturated heterocycles. The number of benzene rings is 1. The summed E-state index contributed by atoms with van der Waals surface area (Å²) < 4.78 is 0. The van der Waals surface area contributed by atoms with Gasteiger partial charge in [0.25, 0.3) is 0 Å². The summed E-state index contributed by atoms with van der Waals surface area (Å²) in [6.07, 6.45) is 1.03. The van der Waals surface area contributed by atoms with Gasteiger partial charge >= 0.3 is 0 Å². The molecule has 0 radical (unpaired) electrons. The highest BCUT2D eigenvalue weighted by Gasteiger charge is 2.11. The number of thiazole rings is 1. The van der Waals surface area contributed by atoms with Crippen molar-refractivity contribution >= 4 is 65.3 Å². The van der Waals surface area contributed by atoms with Gasteiger partial charge in [0.1, 0.15) is 5.01 Å². The van der Waals surface area contributed by atoms with Gasteiger partial charge in [-0.2, -0.15) is 0 Å². The SMILES string of the molecule is Cl.Cl.NCCCNC(=O)Cc1csc(-c2ccc(Cl)cc2Cl)n1. The number of aromatic nitrogens is 1. The topological polar surface area (TPSA) is 68.0 Å². The fourth-order valence-electron chi connectivity index (χ4n) is 1.73. The zero-order valence-electron chi connectivity index (χ0n) is 12.1. The van der Waals surface area contributed by atoms with Crippen molar-refractivity contribution in [2.45, 2.75) is 12.8 Å². The summed E-state index contributed by atoms with van der Waals surface area (Å²) in [4.78, 5) is 16.2. The molecule has 2 aromatic rings. The van der Waals surface area contributed by atoms with Crippen molar-refractivity contribution in [2.24, 2.45) is 5.73 Å². The second-order valence-corrected chi connectivity index (χ2v) is 6.14. The Morgan fingerprint density at radius 3 is 2.70 bits per heavy atom. The molecule has 0 saturated carbocycles. The fourth-order valence-corrected chi connectivity index (χ4v) is 3.14. The van der Waals surface area contributed by atoms with Crippen molar-refractivity contribution in [2.75, 3.05) is 13.1 Å². The van der Waals surface area contributed by atoms with E-state index in [2.05, 4.69) is 10.3 Å². The largest absolute Gasteiger partial charge is 0.356 e. The van der Waals surface area contributed by atoms with Crippen molar-refractivity contribution in [1.29, 1.82) is 0 Å². The normalized spacial score (nSPS) is 9.70. The van der Waals surface area contributed by atoms with Crippen LogP contribution in [-0.2, 0) is 11.2 Å². The molecule has 1 heterocycles. The molecule has 0 aliphatic carbocycles. The maximum atomic E-state index is 11.7. The minimum Gasteiger partial charge on any atom is -0.356 e. The first kappa shape index (κ1) is 22.4. The molecule has 0 unspecified atom stereocenters. The van der Waals surface area contributed by atoms with Gasteiger partial charge in [0.2, 0.25) is 5.91 Å². The number of nitrogens with two attached hydrogens (primary N) is 1. The standard InChI is InChI=1S/C14H15Cl2N3OS.2ClH/c15-9-2-3-11(12(16)6-9)14-19-10(8-21-14)7-13(20)18-5-1-4-17;;/h2-3,6,8H,1,4-5,7,17H2,(H,18,20);2*1H. The van der Waals surface area contributed by atoms with Crippen LogP contribution in [0.4, 0.5) is 0 Å². The molecule has 0 aliphatic heterocycles. The molecule has 0 bridgehead atoms. The smallest absolute Gasteiger partial charge is 0.226 e. The van der Waals surface area contributed by atoms with Crippen molar-refractivity contribution in [3.63, 3.8) is 0 Å². The third kappa shape index (κ3) is 6.83. The second-order valence-electron chi connectivity index (χ2n) is 4.44. The molecule has 4 nitrogen and oxygen atoms in total. The lowest BCUT2D eigenvalue weighted by molar-refractivity contribution is -0.120. The van der Waals surface area contributed by atoms with Crippen molar-refractivity contribution < 1.29 is 4.79 Å². The number of amides is 1. The Labute approximate surface area is 161 Å². The van der Waals surface area contributed by atoms with Crippen LogP contribution in [0.15, 0.2) is 23.6 Å². The number of hydrogen-bond donors (Lipinski definition) is 2. The third-order valence-electron chi connectivity index (χ3n) is 2.76. The summed E-state index contributed by atoms with van der Waals surface area (Å²) >= 11 is 13.5. The summed E-state index contributed by atoms with van der Waals surface area (Å²) in [5.41, 5.74) is 6.92. The lowest BCUT2D eigenvalue weighted by atomic mass is 10.2. The first-order valence-electron chi connectivity index (χ1n) is 6.46. The van der Waals surface area contributed by atoms with Gasteiger partial charge in [0.15, 0.2) is 0 Å². The number of carbonyl (C=O) groups excluding carboxylic acids is 1. The number of rotatable bonds is 6. The van der Waals surface area contributed by atoms with Gasteiger partial charge in [0.05, 0.1) is 17.1 Å². The van der Waals surface area contributed by atoms with E-state index in [4.69, 9.17) is 28.9 Å². The predicted octanol–water partition coefficient (Wildman–Crippen LogP) is 3.97. The Morgan fingerprint density at radius 1 is 1.30 bits per heavy atom. The summed E-state index contributed by atoms with van der Waals surface area (Å²) in [5.74, 6) is -0.0532. The Hall–Kier alpha value is -0.560. The van der Waals surface area contributed by atoms with Gasteiger partial charge in [-0.05, 0) is 31.2 Å². The molecule has 0 aliphatic rings. The molecule has 1 aromatic heterocycles. The first-order chi connectivity index (χ1) is 10.1. The lowest BCUT2D eigenvalue weighted by Crippen LogP contribution is -2.27. The van der Waals surface area contributed by atoms with Crippen molar-refractivity contribution in [3.8, 4) is 10.6 Å². The van der Waals surface area contributed by atoms with Crippen molar-refractivity contribution in [3.05, 3.63) is 39.3 Å². The molecule has 0 spiro atoms. The Bertz CT molecular complexity index is 636. The molecule has 1 aromatic carbocycles. The maximum absolute atomic E-state index is 11.7. The van der Waals surface area contributed by atoms with Crippen LogP contribution in [0, 0.1) is 0 Å². The molecule has 1 amide bonds. The second kappa shape index (κ2) is 11.1. The molecule has 9 heteroatoms. The summed E-state index contributed by atoms with van der Waals surface area (Å²) in [6, 6.07) is 5.27. The number of nitrogens with one attached hydrogen (secondary N) is 1. The van der Waals surface area contributed by atoms with Crippen molar-refractivity contribution in [1.82, 2.24) is 10.3 Å². The molecule has 2 rings (SSSR count). The number of nitrogens with zero attached hydrogens (tertiary/aromatic N) is 1. The van der Waals surface area contributed by atoms with Crippen LogP contribution in [0.3, 0.4) is 0 Å². The van der Waals surface area contributed by atoms with Gasteiger partial charge in [-0.1, -0.05) is 23.2 Å². The van der Waals surface area contributed by atoms with E-state index in [1.165, 1.54) is 11.3 Å². The van der Waals surface area contributed by atoms with Crippen LogP contribution in [0.1, 0.15) is 12.1 Å². The third-order valence-corrected chi connectivity index (χ3v) is 4.23. The van der Waals surface area contributed by atoms with E-state index in [9.17, 15) is 4.79 Å². The molecule has 128 valence electrons. The van der Waals surface area contributed by atoms with Crippen LogP contribution in [0.2, 0.25) is 10.0 Å². The highest BCUT2D eigenvalue weighted by Crippen LogP contribution is 2.32. The Morgan fingerprint density at radius 2 is 2.04 bits per heavy atom. The first-order valence-corrected chi connectivity index (χ1v) is 8.10. The van der Waals surface area contributed by atoms with Gasteiger partial charge in [-0.3, -0.25) is 4.79 Å². The van der Waals surface area contributed by atoms with E-state index >= 15 is 0 Å². The molecular weight excluding hydrogens is 400 g/mol. The molecule has 23 heavy (non-hydrogen) atoms.